The fraction of sp³-hybridized carbons (Fsp3) is 0.316. The molecular weight excluding hydrogens is 582 g/mol. The summed E-state index contributed by atoms with van der Waals surface area (Å²) in [6.07, 6.45) is -1.76. The van der Waals surface area contributed by atoms with E-state index in [1.165, 1.54) is 12.2 Å². The summed E-state index contributed by atoms with van der Waals surface area (Å²) in [6.45, 7) is 5.82. The van der Waals surface area contributed by atoms with Crippen LogP contribution in [0.2, 0.25) is 0 Å². The Bertz CT molecular complexity index is 1470. The second-order valence-electron chi connectivity index (χ2n) is 12.5. The Kier molecular flexibility index (Phi) is 10.2. The fourth-order valence-corrected chi connectivity index (χ4v) is 6.15. The molecule has 1 heterocycles. The lowest BCUT2D eigenvalue weighted by Gasteiger charge is -2.43. The van der Waals surface area contributed by atoms with Gasteiger partial charge in [0, 0.05) is 18.4 Å². The Hall–Kier alpha value is -4.50. The lowest BCUT2D eigenvalue weighted by Crippen LogP contribution is -2.51. The van der Waals surface area contributed by atoms with Gasteiger partial charge in [-0.05, 0) is 55.2 Å². The lowest BCUT2D eigenvalue weighted by atomic mass is 9.77. The molecule has 1 N–H and O–H groups in total. The Morgan fingerprint density at radius 3 is 1.72 bits per heavy atom. The lowest BCUT2D eigenvalue weighted by molar-refractivity contribution is -0.189. The quantitative estimate of drug-likeness (QED) is 0.162. The van der Waals surface area contributed by atoms with E-state index in [0.29, 0.717) is 5.56 Å². The van der Waals surface area contributed by atoms with Crippen molar-refractivity contribution in [2.24, 2.45) is 5.92 Å². The van der Waals surface area contributed by atoms with Crippen LogP contribution in [0.1, 0.15) is 59.3 Å². The topological polar surface area (TPSA) is 94.5 Å². The van der Waals surface area contributed by atoms with Gasteiger partial charge in [0.05, 0.1) is 31.9 Å². The zero-order chi connectivity index (χ0) is 32.7. The zero-order valence-corrected chi connectivity index (χ0v) is 26.7. The molecule has 8 heteroatoms. The summed E-state index contributed by atoms with van der Waals surface area (Å²) in [6, 6.07) is 37.2. The molecule has 3 atom stereocenters. The van der Waals surface area contributed by atoms with Gasteiger partial charge in [-0.1, -0.05) is 103 Å². The molecule has 5 rings (SSSR count). The number of benzene rings is 4. The van der Waals surface area contributed by atoms with Gasteiger partial charge in [-0.2, -0.15) is 0 Å². The number of piperidine rings is 1. The number of ether oxygens (including phenoxy) is 3. The highest BCUT2D eigenvalue weighted by molar-refractivity contribution is 5.89. The third kappa shape index (κ3) is 7.48. The number of β-amino-alcohol motifs (C(OH)–C–C–N with tert-alkyl or cyclic N) is 1. The number of hydrogen-bond acceptors (Lipinski definition) is 8. The molecular formula is C38H41NO7. The minimum absolute atomic E-state index is 0.0698. The summed E-state index contributed by atoms with van der Waals surface area (Å²) < 4.78 is 17.4. The number of esters is 1. The smallest absolute Gasteiger partial charge is 0.465 e. The number of hydrogen-bond donors (Lipinski definition) is 1. The van der Waals surface area contributed by atoms with Gasteiger partial charge in [-0.15, -0.1) is 5.06 Å². The number of aliphatic hydroxyl groups excluding tert-OH is 1. The highest BCUT2D eigenvalue weighted by Gasteiger charge is 2.43. The Morgan fingerprint density at radius 2 is 1.26 bits per heavy atom. The van der Waals surface area contributed by atoms with Crippen LogP contribution in [0.5, 0.6) is 0 Å². The van der Waals surface area contributed by atoms with E-state index in [2.05, 4.69) is 36.4 Å². The second-order valence-corrected chi connectivity index (χ2v) is 12.5. The third-order valence-corrected chi connectivity index (χ3v) is 8.12. The molecule has 4 aromatic carbocycles. The Morgan fingerprint density at radius 1 is 0.761 bits per heavy atom. The molecule has 46 heavy (non-hydrogen) atoms. The van der Waals surface area contributed by atoms with E-state index in [1.807, 2.05) is 66.7 Å². The molecule has 1 aliphatic heterocycles. The monoisotopic (exact) mass is 623 g/mol. The largest absolute Gasteiger partial charge is 0.528 e. The van der Waals surface area contributed by atoms with Gasteiger partial charge >= 0.3 is 12.1 Å². The molecule has 1 saturated heterocycles. The molecule has 0 aromatic heterocycles. The average Bonchev–Trinajstić information content (AvgIpc) is 3.05. The van der Waals surface area contributed by atoms with Crippen molar-refractivity contribution >= 4 is 12.1 Å². The van der Waals surface area contributed by atoms with Gasteiger partial charge in [-0.3, -0.25) is 0 Å². The van der Waals surface area contributed by atoms with E-state index in [9.17, 15) is 14.7 Å². The van der Waals surface area contributed by atoms with Crippen LogP contribution in [0.4, 0.5) is 4.79 Å². The van der Waals surface area contributed by atoms with Gasteiger partial charge in [0.25, 0.3) is 0 Å². The molecule has 0 amide bonds. The van der Waals surface area contributed by atoms with E-state index in [0.717, 1.165) is 22.3 Å². The molecule has 0 radical (unpaired) electrons. The van der Waals surface area contributed by atoms with Gasteiger partial charge in [0.1, 0.15) is 11.2 Å². The van der Waals surface area contributed by atoms with Crippen LogP contribution in [0.3, 0.4) is 0 Å². The summed E-state index contributed by atoms with van der Waals surface area (Å²) in [5.74, 6) is -1.18. The summed E-state index contributed by atoms with van der Waals surface area (Å²) in [5, 5.41) is 13.0. The molecule has 0 bridgehead atoms. The van der Waals surface area contributed by atoms with Gasteiger partial charge in [0.2, 0.25) is 0 Å². The Balaban J connectivity index is 1.54. The normalized spacial score (nSPS) is 18.8. The maximum atomic E-state index is 12.7. The second kappa shape index (κ2) is 14.3. The number of nitrogens with zero attached hydrogens (tertiary/aromatic N) is 1. The van der Waals surface area contributed by atoms with Gasteiger partial charge in [0.15, 0.2) is 0 Å². The van der Waals surface area contributed by atoms with Crippen LogP contribution in [-0.4, -0.2) is 60.8 Å². The van der Waals surface area contributed by atoms with E-state index in [4.69, 9.17) is 19.0 Å². The summed E-state index contributed by atoms with van der Waals surface area (Å²) in [4.78, 5) is 30.4. The van der Waals surface area contributed by atoms with Crippen LogP contribution in [0, 0.1) is 5.92 Å². The van der Waals surface area contributed by atoms with Crippen molar-refractivity contribution in [3.63, 3.8) is 0 Å². The maximum absolute atomic E-state index is 12.7. The molecule has 1 fully saturated rings. The zero-order valence-electron chi connectivity index (χ0n) is 26.7. The van der Waals surface area contributed by atoms with Crippen molar-refractivity contribution in [3.8, 4) is 0 Å². The third-order valence-electron chi connectivity index (χ3n) is 8.12. The van der Waals surface area contributed by atoms with Gasteiger partial charge in [-0.25, -0.2) is 9.59 Å². The standard InChI is InChI=1S/C38H41NO7/c1-37(2,3)45-36(42)46-39-24-29(34(33(40)25-39)27-20-22-28(23-21-27)35(41)43-4)26-44-38(30-14-8-5-9-15-30,31-16-10-6-11-17-31)32-18-12-7-13-19-32/h5-23,29,33-34,40H,24-26H2,1-4H3. The van der Waals surface area contributed by atoms with Crippen molar-refractivity contribution in [1.82, 2.24) is 5.06 Å². The molecule has 0 saturated carbocycles. The predicted molar refractivity (Wildman–Crippen MR) is 174 cm³/mol. The van der Waals surface area contributed by atoms with E-state index in [-0.39, 0.29) is 25.6 Å². The van der Waals surface area contributed by atoms with Crippen molar-refractivity contribution in [2.75, 3.05) is 26.8 Å². The number of carbonyl (C=O) groups is 2. The highest BCUT2D eigenvalue weighted by Crippen LogP contribution is 2.43. The first-order chi connectivity index (χ1) is 22.1. The predicted octanol–water partition coefficient (Wildman–Crippen LogP) is 6.72. The fourth-order valence-electron chi connectivity index (χ4n) is 6.15. The molecule has 240 valence electrons. The molecule has 4 aromatic rings. The SMILES string of the molecule is COC(=O)c1ccc(C2C(O)CN(OC(=O)OC(C)(C)C)CC2COC(c2ccccc2)(c2ccccc2)c2ccccc2)cc1. The highest BCUT2D eigenvalue weighted by atomic mass is 16.8. The van der Waals surface area contributed by atoms with Crippen LogP contribution >= 0.6 is 0 Å². The first kappa shape index (κ1) is 32.9. The molecule has 0 aliphatic carbocycles. The van der Waals surface area contributed by atoms with Crippen molar-refractivity contribution < 1.29 is 33.7 Å². The van der Waals surface area contributed by atoms with Gasteiger partial charge < -0.3 is 24.2 Å². The van der Waals surface area contributed by atoms with Crippen molar-refractivity contribution in [2.45, 2.75) is 44.0 Å². The maximum Gasteiger partial charge on any atom is 0.528 e. The van der Waals surface area contributed by atoms with E-state index < -0.39 is 35.3 Å². The van der Waals surface area contributed by atoms with Crippen LogP contribution < -0.4 is 0 Å². The number of hydroxylamine groups is 2. The number of aliphatic hydroxyl groups is 1. The summed E-state index contributed by atoms with van der Waals surface area (Å²) in [5.41, 5.74) is 2.37. The van der Waals surface area contributed by atoms with E-state index >= 15 is 0 Å². The molecule has 1 aliphatic rings. The summed E-state index contributed by atoms with van der Waals surface area (Å²) in [7, 11) is 1.34. The molecule has 3 unspecified atom stereocenters. The number of carbonyl (C=O) groups excluding carboxylic acids is 2. The minimum atomic E-state index is -0.984. The minimum Gasteiger partial charge on any atom is -0.465 e. The van der Waals surface area contributed by atoms with Crippen LogP contribution in [-0.2, 0) is 24.6 Å². The van der Waals surface area contributed by atoms with E-state index in [1.54, 1.807) is 32.9 Å². The van der Waals surface area contributed by atoms with Crippen molar-refractivity contribution in [3.05, 3.63) is 143 Å². The van der Waals surface area contributed by atoms with Crippen LogP contribution in [0.25, 0.3) is 0 Å². The molecule has 8 nitrogen and oxygen atoms in total. The summed E-state index contributed by atoms with van der Waals surface area (Å²) >= 11 is 0. The first-order valence-electron chi connectivity index (χ1n) is 15.4. The first-order valence-corrected chi connectivity index (χ1v) is 15.4. The number of rotatable bonds is 9. The molecule has 0 spiro atoms. The van der Waals surface area contributed by atoms with Crippen LogP contribution in [0.15, 0.2) is 115 Å². The average molecular weight is 624 g/mol. The number of methoxy groups -OCH3 is 1. The van der Waals surface area contributed by atoms with Crippen molar-refractivity contribution in [1.29, 1.82) is 0 Å². The Labute approximate surface area is 270 Å².